The van der Waals surface area contributed by atoms with Gasteiger partial charge in [0.25, 0.3) is 0 Å². The van der Waals surface area contributed by atoms with E-state index < -0.39 is 35.3 Å². The predicted molar refractivity (Wildman–Crippen MR) is 186 cm³/mol. The fourth-order valence-corrected chi connectivity index (χ4v) is 6.40. The minimum Gasteiger partial charge on any atom is -0.463 e. The number of carboxylic acid groups (broad SMARTS) is 1. The number of ether oxygens (including phenoxy) is 2. The molecule has 2 fully saturated rings. The van der Waals surface area contributed by atoms with E-state index >= 15 is 0 Å². The summed E-state index contributed by atoms with van der Waals surface area (Å²) in [6.45, 7) is 11.8. The van der Waals surface area contributed by atoms with E-state index in [1.165, 1.54) is 4.90 Å². The van der Waals surface area contributed by atoms with E-state index in [0.29, 0.717) is 42.7 Å². The zero-order valence-corrected chi connectivity index (χ0v) is 29.1. The van der Waals surface area contributed by atoms with Gasteiger partial charge in [-0.05, 0) is 96.0 Å². The van der Waals surface area contributed by atoms with Gasteiger partial charge < -0.3 is 24.9 Å². The third kappa shape index (κ3) is 7.28. The summed E-state index contributed by atoms with van der Waals surface area (Å²) >= 11 is 0. The van der Waals surface area contributed by atoms with E-state index in [0.717, 1.165) is 39.9 Å². The highest BCUT2D eigenvalue weighted by Gasteiger charge is 2.38. The van der Waals surface area contributed by atoms with E-state index in [1.807, 2.05) is 51.1 Å². The van der Waals surface area contributed by atoms with Gasteiger partial charge >= 0.3 is 18.3 Å². The van der Waals surface area contributed by atoms with Crippen molar-refractivity contribution >= 4 is 40.9 Å². The number of fused-ring (bicyclic) bond motifs is 1. The molecule has 14 heteroatoms. The van der Waals surface area contributed by atoms with Crippen LogP contribution in [0.25, 0.3) is 33.3 Å². The average molecular weight is 686 g/mol. The van der Waals surface area contributed by atoms with Crippen LogP contribution in [0.1, 0.15) is 79.1 Å². The summed E-state index contributed by atoms with van der Waals surface area (Å²) in [6, 6.07) is 12.0. The third-order valence-electron chi connectivity index (χ3n) is 8.61. The molecule has 2 unspecified atom stereocenters. The Kier molecular flexibility index (Phi) is 9.06. The van der Waals surface area contributed by atoms with Gasteiger partial charge in [-0.2, -0.15) is 4.68 Å². The number of rotatable bonds is 5. The lowest BCUT2D eigenvalue weighted by molar-refractivity contribution is -0.120. The van der Waals surface area contributed by atoms with Crippen molar-refractivity contribution in [2.45, 2.75) is 90.5 Å². The number of H-pyrrole nitrogens is 1. The largest absolute Gasteiger partial charge is 0.463 e. The van der Waals surface area contributed by atoms with Crippen LogP contribution in [0, 0.1) is 0 Å². The zero-order valence-electron chi connectivity index (χ0n) is 29.1. The highest BCUT2D eigenvalue weighted by Crippen LogP contribution is 2.34. The van der Waals surface area contributed by atoms with E-state index in [2.05, 4.69) is 20.4 Å². The van der Waals surface area contributed by atoms with E-state index in [4.69, 9.17) is 9.47 Å². The molecule has 2 atom stereocenters. The van der Waals surface area contributed by atoms with Crippen LogP contribution < -0.4 is 5.32 Å². The zero-order chi connectivity index (χ0) is 36.0. The fraction of sp³-hybridized carbons (Fsp3) is 0.444. The summed E-state index contributed by atoms with van der Waals surface area (Å²) in [6.07, 6.45) is 2.27. The Morgan fingerprint density at radius 2 is 1.44 bits per heavy atom. The number of aromatic amines is 1. The second-order valence-corrected chi connectivity index (χ2v) is 14.7. The first-order valence-electron chi connectivity index (χ1n) is 16.8. The number of amides is 3. The van der Waals surface area contributed by atoms with Crippen molar-refractivity contribution in [1.29, 1.82) is 0 Å². The highest BCUT2D eigenvalue weighted by molar-refractivity contribution is 6.05. The monoisotopic (exact) mass is 685 g/mol. The van der Waals surface area contributed by atoms with Crippen LogP contribution >= 0.6 is 0 Å². The van der Waals surface area contributed by atoms with Gasteiger partial charge in [-0.1, -0.05) is 30.3 Å². The van der Waals surface area contributed by atoms with Gasteiger partial charge in [0.1, 0.15) is 23.1 Å². The van der Waals surface area contributed by atoms with E-state index in [-0.39, 0.29) is 18.0 Å². The molecular weight excluding hydrogens is 642 g/mol. The lowest BCUT2D eigenvalue weighted by Gasteiger charge is -2.27. The topological polar surface area (TPSA) is 172 Å². The van der Waals surface area contributed by atoms with Crippen molar-refractivity contribution in [2.75, 3.05) is 18.4 Å². The minimum atomic E-state index is -1.30. The lowest BCUT2D eigenvalue weighted by atomic mass is 10.0. The molecule has 2 saturated heterocycles. The number of nitrogens with zero attached hydrogens (tertiary/aromatic N) is 5. The molecule has 50 heavy (non-hydrogen) atoms. The van der Waals surface area contributed by atoms with E-state index in [1.54, 1.807) is 44.0 Å². The Morgan fingerprint density at radius 1 is 0.840 bits per heavy atom. The van der Waals surface area contributed by atoms with Gasteiger partial charge in [-0.3, -0.25) is 14.6 Å². The Labute approximate surface area is 289 Å². The van der Waals surface area contributed by atoms with Crippen LogP contribution in [-0.2, 0) is 14.3 Å². The van der Waals surface area contributed by atoms with Gasteiger partial charge in [0, 0.05) is 18.5 Å². The van der Waals surface area contributed by atoms with Crippen LogP contribution in [0.15, 0.2) is 48.7 Å². The second kappa shape index (κ2) is 13.1. The maximum absolute atomic E-state index is 13.3. The standard InChI is InChI=1S/C36H43N7O7/c1-35(2,3)49-33(47)41-17-7-9-26(41)30-37-20-25(38-30)22-13-11-21(12-14-22)23-15-16-24-28(19-23)43(32(45)46)40-29(24)39-31(44)27-10-8-18-42(27)34(48)50-36(4,5)6/h11-16,19-20,26-27H,7-10,17-18H2,1-6H3,(H,37,38)(H,45,46)(H,39,40,44). The summed E-state index contributed by atoms with van der Waals surface area (Å²) in [5, 5.41) is 17.3. The van der Waals surface area contributed by atoms with Crippen LogP contribution in [0.5, 0.6) is 0 Å². The van der Waals surface area contributed by atoms with Gasteiger partial charge in [-0.25, -0.2) is 19.4 Å². The molecule has 0 bridgehead atoms. The molecule has 2 aromatic heterocycles. The molecule has 4 heterocycles. The molecule has 3 amide bonds. The first kappa shape index (κ1) is 34.5. The summed E-state index contributed by atoms with van der Waals surface area (Å²) < 4.78 is 11.9. The van der Waals surface area contributed by atoms with Crippen LogP contribution in [0.3, 0.4) is 0 Å². The normalized spacial score (nSPS) is 18.0. The molecule has 3 N–H and O–H groups in total. The van der Waals surface area contributed by atoms with Crippen molar-refractivity contribution in [1.82, 2.24) is 29.5 Å². The molecule has 0 radical (unpaired) electrons. The molecule has 2 aliphatic heterocycles. The van der Waals surface area contributed by atoms with Crippen molar-refractivity contribution < 1.29 is 33.8 Å². The first-order valence-corrected chi connectivity index (χ1v) is 16.8. The SMILES string of the molecule is CC(C)(C)OC(=O)N1CCCC1C(=O)Nc1nn(C(=O)O)c2cc(-c3ccc(-c4cnc(C5CCCN5C(=O)OC(C)(C)C)[nH]4)cc3)ccc12. The number of anilines is 1. The number of nitrogens with one attached hydrogen (secondary N) is 2. The van der Waals surface area contributed by atoms with Gasteiger partial charge in [0.15, 0.2) is 5.82 Å². The molecular formula is C36H43N7O7. The molecule has 0 aliphatic carbocycles. The van der Waals surface area contributed by atoms with Crippen LogP contribution in [-0.4, -0.2) is 89.2 Å². The van der Waals surface area contributed by atoms with Gasteiger partial charge in [0.2, 0.25) is 5.91 Å². The molecule has 0 saturated carbocycles. The Balaban J connectivity index is 1.19. The number of imidazole rings is 1. The molecule has 6 rings (SSSR count). The van der Waals surface area contributed by atoms with Crippen LogP contribution in [0.2, 0.25) is 0 Å². The number of aromatic nitrogens is 4. The number of hydrogen-bond acceptors (Lipinski definition) is 8. The summed E-state index contributed by atoms with van der Waals surface area (Å²) in [7, 11) is 0. The number of likely N-dealkylation sites (tertiary alicyclic amines) is 2. The summed E-state index contributed by atoms with van der Waals surface area (Å²) in [5.41, 5.74) is 2.29. The smallest absolute Gasteiger partial charge is 0.432 e. The Morgan fingerprint density at radius 3 is 2.10 bits per heavy atom. The van der Waals surface area contributed by atoms with Crippen molar-refractivity contribution in [3.05, 3.63) is 54.5 Å². The van der Waals surface area contributed by atoms with Crippen LogP contribution in [0.4, 0.5) is 20.2 Å². The molecule has 264 valence electrons. The van der Waals surface area contributed by atoms with Gasteiger partial charge in [0.05, 0.1) is 23.4 Å². The van der Waals surface area contributed by atoms with Gasteiger partial charge in [-0.15, -0.1) is 5.10 Å². The highest BCUT2D eigenvalue weighted by atomic mass is 16.6. The maximum atomic E-state index is 13.3. The fourth-order valence-electron chi connectivity index (χ4n) is 6.40. The number of carbonyl (C=O) groups is 4. The molecule has 2 aliphatic rings. The van der Waals surface area contributed by atoms with Crippen molar-refractivity contribution in [3.8, 4) is 22.4 Å². The molecule has 2 aromatic carbocycles. The first-order chi connectivity index (χ1) is 23.6. The molecule has 14 nitrogen and oxygen atoms in total. The number of hydrogen-bond donors (Lipinski definition) is 3. The number of benzene rings is 2. The molecule has 0 spiro atoms. The quantitative estimate of drug-likeness (QED) is 0.199. The van der Waals surface area contributed by atoms with Crippen molar-refractivity contribution in [2.24, 2.45) is 0 Å². The average Bonchev–Trinajstić information content (AvgIpc) is 3.84. The second-order valence-electron chi connectivity index (χ2n) is 14.7. The Bertz CT molecular complexity index is 1930. The van der Waals surface area contributed by atoms with E-state index in [9.17, 15) is 24.3 Å². The minimum absolute atomic E-state index is 0.0906. The predicted octanol–water partition coefficient (Wildman–Crippen LogP) is 7.03. The molecule has 4 aromatic rings. The summed E-state index contributed by atoms with van der Waals surface area (Å²) in [4.78, 5) is 62.2. The third-order valence-corrected chi connectivity index (χ3v) is 8.61. The maximum Gasteiger partial charge on any atom is 0.432 e. The number of carbonyl (C=O) groups excluding carboxylic acids is 3. The summed E-state index contributed by atoms with van der Waals surface area (Å²) in [5.74, 6) is 0.332. The Hall–Kier alpha value is -5.40. The lowest BCUT2D eigenvalue weighted by Crippen LogP contribution is -2.45. The van der Waals surface area contributed by atoms with Crippen molar-refractivity contribution in [3.63, 3.8) is 0 Å².